The number of rotatable bonds is 4. The van der Waals surface area contributed by atoms with Crippen molar-refractivity contribution in [3.63, 3.8) is 0 Å². The summed E-state index contributed by atoms with van der Waals surface area (Å²) in [5, 5.41) is 3.11. The van der Waals surface area contributed by atoms with Crippen molar-refractivity contribution in [2.45, 2.75) is 18.9 Å². The highest BCUT2D eigenvalue weighted by Crippen LogP contribution is 2.39. The van der Waals surface area contributed by atoms with Crippen LogP contribution in [-0.4, -0.2) is 20.1 Å². The number of benzene rings is 2. The normalized spacial score (nSPS) is 15.9. The minimum atomic E-state index is -0.0647. The largest absolute Gasteiger partial charge is 0.493 e. The van der Waals surface area contributed by atoms with Crippen molar-refractivity contribution in [3.8, 4) is 11.5 Å². The minimum absolute atomic E-state index is 0.000882. The van der Waals surface area contributed by atoms with E-state index in [0.717, 1.165) is 28.6 Å². The second-order valence-electron chi connectivity index (χ2n) is 5.48. The zero-order chi connectivity index (χ0) is 16.4. The summed E-state index contributed by atoms with van der Waals surface area (Å²) in [6.07, 6.45) is 1.80. The Morgan fingerprint density at radius 3 is 2.43 bits per heavy atom. The second kappa shape index (κ2) is 6.62. The van der Waals surface area contributed by atoms with Gasteiger partial charge in [-0.25, -0.2) is 0 Å². The quantitative estimate of drug-likeness (QED) is 0.881. The van der Waals surface area contributed by atoms with Crippen molar-refractivity contribution in [1.82, 2.24) is 5.32 Å². The van der Waals surface area contributed by atoms with Crippen molar-refractivity contribution in [2.75, 3.05) is 14.2 Å². The zero-order valence-corrected chi connectivity index (χ0v) is 14.6. The van der Waals surface area contributed by atoms with E-state index in [4.69, 9.17) is 9.47 Å². The third-order valence-electron chi connectivity index (χ3n) is 4.13. The molecule has 0 bridgehead atoms. The van der Waals surface area contributed by atoms with Gasteiger partial charge in [-0.05, 0) is 60.4 Å². The molecule has 23 heavy (non-hydrogen) atoms. The van der Waals surface area contributed by atoms with Gasteiger partial charge in [0.1, 0.15) is 0 Å². The van der Waals surface area contributed by atoms with Gasteiger partial charge in [-0.2, -0.15) is 0 Å². The lowest BCUT2D eigenvalue weighted by molar-refractivity contribution is 0.0936. The first kappa shape index (κ1) is 15.9. The predicted molar refractivity (Wildman–Crippen MR) is 92.2 cm³/mol. The number of ether oxygens (including phenoxy) is 2. The molecule has 1 aliphatic carbocycles. The van der Waals surface area contributed by atoms with Crippen molar-refractivity contribution in [2.24, 2.45) is 0 Å². The topological polar surface area (TPSA) is 47.6 Å². The first-order valence-corrected chi connectivity index (χ1v) is 8.23. The number of halogens is 1. The van der Waals surface area contributed by atoms with Gasteiger partial charge in [0.15, 0.2) is 11.5 Å². The lowest BCUT2D eigenvalue weighted by Crippen LogP contribution is -2.27. The van der Waals surface area contributed by atoms with E-state index in [-0.39, 0.29) is 11.9 Å². The third-order valence-corrected chi connectivity index (χ3v) is 4.66. The van der Waals surface area contributed by atoms with Gasteiger partial charge in [-0.3, -0.25) is 4.79 Å². The molecule has 1 aliphatic rings. The van der Waals surface area contributed by atoms with Crippen molar-refractivity contribution in [1.29, 1.82) is 0 Å². The zero-order valence-electron chi connectivity index (χ0n) is 13.1. The SMILES string of the molecule is COc1cc2c(cc1OC)C(NC(=O)c1ccc(Br)cc1)CC2. The fourth-order valence-electron chi connectivity index (χ4n) is 2.93. The van der Waals surface area contributed by atoms with E-state index in [9.17, 15) is 4.79 Å². The van der Waals surface area contributed by atoms with Crippen LogP contribution in [0.15, 0.2) is 40.9 Å². The smallest absolute Gasteiger partial charge is 0.251 e. The Kier molecular flexibility index (Phi) is 4.57. The molecule has 3 rings (SSSR count). The number of methoxy groups -OCH3 is 2. The Morgan fingerprint density at radius 2 is 1.78 bits per heavy atom. The van der Waals surface area contributed by atoms with Gasteiger partial charge < -0.3 is 14.8 Å². The van der Waals surface area contributed by atoms with Crippen molar-refractivity contribution >= 4 is 21.8 Å². The number of amides is 1. The Bertz CT molecular complexity index is 728. The number of nitrogens with one attached hydrogen (secondary N) is 1. The number of aryl methyl sites for hydroxylation is 1. The summed E-state index contributed by atoms with van der Waals surface area (Å²) < 4.78 is 11.7. The number of carbonyl (C=O) groups excluding carboxylic acids is 1. The molecule has 0 saturated carbocycles. The molecule has 5 heteroatoms. The van der Waals surface area contributed by atoms with E-state index in [2.05, 4.69) is 21.2 Å². The molecule has 1 amide bonds. The summed E-state index contributed by atoms with van der Waals surface area (Å²) in [6, 6.07) is 11.3. The fourth-order valence-corrected chi connectivity index (χ4v) is 3.19. The van der Waals surface area contributed by atoms with Crippen LogP contribution < -0.4 is 14.8 Å². The van der Waals surface area contributed by atoms with Crippen LogP contribution in [0.4, 0.5) is 0 Å². The first-order valence-electron chi connectivity index (χ1n) is 7.43. The number of carbonyl (C=O) groups is 1. The van der Waals surface area contributed by atoms with Crippen LogP contribution in [0.5, 0.6) is 11.5 Å². The van der Waals surface area contributed by atoms with E-state index in [1.807, 2.05) is 36.4 Å². The highest BCUT2D eigenvalue weighted by molar-refractivity contribution is 9.10. The molecule has 4 nitrogen and oxygen atoms in total. The molecule has 2 aromatic rings. The van der Waals surface area contributed by atoms with E-state index in [1.165, 1.54) is 5.56 Å². The minimum Gasteiger partial charge on any atom is -0.493 e. The molecule has 0 spiro atoms. The predicted octanol–water partition coefficient (Wildman–Crippen LogP) is 3.88. The van der Waals surface area contributed by atoms with Crippen LogP contribution in [0.3, 0.4) is 0 Å². The van der Waals surface area contributed by atoms with Gasteiger partial charge in [0.2, 0.25) is 0 Å². The molecule has 1 atom stereocenters. The Hall–Kier alpha value is -2.01. The van der Waals surface area contributed by atoms with Crippen LogP contribution in [0.25, 0.3) is 0 Å². The van der Waals surface area contributed by atoms with Gasteiger partial charge in [-0.1, -0.05) is 15.9 Å². The summed E-state index contributed by atoms with van der Waals surface area (Å²) in [6.45, 7) is 0. The molecular formula is C18H18BrNO3. The first-order chi connectivity index (χ1) is 11.1. The molecule has 0 radical (unpaired) electrons. The van der Waals surface area contributed by atoms with Crippen molar-refractivity contribution < 1.29 is 14.3 Å². The molecule has 0 fully saturated rings. The maximum Gasteiger partial charge on any atom is 0.251 e. The average molecular weight is 376 g/mol. The summed E-state index contributed by atoms with van der Waals surface area (Å²) >= 11 is 3.38. The fraction of sp³-hybridized carbons (Fsp3) is 0.278. The Labute approximate surface area is 143 Å². The van der Waals surface area contributed by atoms with E-state index < -0.39 is 0 Å². The molecule has 0 aromatic heterocycles. The maximum absolute atomic E-state index is 12.4. The van der Waals surface area contributed by atoms with Gasteiger partial charge in [0, 0.05) is 10.0 Å². The van der Waals surface area contributed by atoms with E-state index in [0.29, 0.717) is 11.3 Å². The molecule has 1 N–H and O–H groups in total. The van der Waals surface area contributed by atoms with Crippen LogP contribution in [0.2, 0.25) is 0 Å². The van der Waals surface area contributed by atoms with Crippen LogP contribution >= 0.6 is 15.9 Å². The molecule has 120 valence electrons. The average Bonchev–Trinajstić information content (AvgIpc) is 2.96. The van der Waals surface area contributed by atoms with Crippen LogP contribution in [-0.2, 0) is 6.42 Å². The number of hydrogen-bond acceptors (Lipinski definition) is 3. The third kappa shape index (κ3) is 3.20. The van der Waals surface area contributed by atoms with Crippen LogP contribution in [0, 0.1) is 0 Å². The summed E-state index contributed by atoms with van der Waals surface area (Å²) in [5.74, 6) is 1.35. The monoisotopic (exact) mass is 375 g/mol. The second-order valence-corrected chi connectivity index (χ2v) is 6.39. The van der Waals surface area contributed by atoms with E-state index in [1.54, 1.807) is 14.2 Å². The lowest BCUT2D eigenvalue weighted by Gasteiger charge is -2.16. The number of fused-ring (bicyclic) bond motifs is 1. The Morgan fingerprint density at radius 1 is 1.13 bits per heavy atom. The standard InChI is InChI=1S/C18H18BrNO3/c1-22-16-9-12-5-8-15(14(12)10-17(16)23-2)20-18(21)11-3-6-13(19)7-4-11/h3-4,6-7,9-10,15H,5,8H2,1-2H3,(H,20,21). The summed E-state index contributed by atoms with van der Waals surface area (Å²) in [7, 11) is 3.25. The summed E-state index contributed by atoms with van der Waals surface area (Å²) in [5.41, 5.74) is 2.96. The van der Waals surface area contributed by atoms with Crippen molar-refractivity contribution in [3.05, 3.63) is 57.6 Å². The van der Waals surface area contributed by atoms with E-state index >= 15 is 0 Å². The van der Waals surface area contributed by atoms with Gasteiger partial charge in [-0.15, -0.1) is 0 Å². The lowest BCUT2D eigenvalue weighted by atomic mass is 10.1. The molecular weight excluding hydrogens is 358 g/mol. The highest BCUT2D eigenvalue weighted by atomic mass is 79.9. The van der Waals surface area contributed by atoms with Gasteiger partial charge >= 0.3 is 0 Å². The summed E-state index contributed by atoms with van der Waals surface area (Å²) in [4.78, 5) is 12.4. The van der Waals surface area contributed by atoms with Gasteiger partial charge in [0.25, 0.3) is 5.91 Å². The Balaban J connectivity index is 1.82. The molecule has 0 heterocycles. The molecule has 2 aromatic carbocycles. The maximum atomic E-state index is 12.4. The molecule has 1 unspecified atom stereocenters. The molecule has 0 aliphatic heterocycles. The van der Waals surface area contributed by atoms with Gasteiger partial charge in [0.05, 0.1) is 20.3 Å². The van der Waals surface area contributed by atoms with Crippen LogP contribution in [0.1, 0.15) is 33.9 Å². The highest BCUT2D eigenvalue weighted by Gasteiger charge is 2.26. The molecule has 0 saturated heterocycles. The number of hydrogen-bond donors (Lipinski definition) is 1.